The first-order valence-corrected chi connectivity index (χ1v) is 7.29. The lowest BCUT2D eigenvalue weighted by Crippen LogP contribution is -2.38. The molecule has 2 heteroatoms. The Kier molecular flexibility index (Phi) is 7.87. The summed E-state index contributed by atoms with van der Waals surface area (Å²) in [5.74, 6) is 0.772. The lowest BCUT2D eigenvalue weighted by atomic mass is 9.98. The minimum atomic E-state index is 0.772. The van der Waals surface area contributed by atoms with E-state index < -0.39 is 0 Å². The molecule has 0 aromatic heterocycles. The van der Waals surface area contributed by atoms with Crippen LogP contribution in [0, 0.1) is 5.92 Å². The van der Waals surface area contributed by atoms with E-state index in [2.05, 4.69) is 11.8 Å². The van der Waals surface area contributed by atoms with Gasteiger partial charge in [-0.15, -0.1) is 0 Å². The van der Waals surface area contributed by atoms with Gasteiger partial charge in [0, 0.05) is 6.54 Å². The van der Waals surface area contributed by atoms with E-state index in [9.17, 15) is 0 Å². The molecule has 1 unspecified atom stereocenters. The van der Waals surface area contributed by atoms with Crippen LogP contribution in [0.3, 0.4) is 0 Å². The second-order valence-corrected chi connectivity index (χ2v) is 5.31. The van der Waals surface area contributed by atoms with Crippen molar-refractivity contribution in [2.75, 3.05) is 26.2 Å². The van der Waals surface area contributed by atoms with Crippen LogP contribution < -0.4 is 5.73 Å². The minimum Gasteiger partial charge on any atom is -0.330 e. The molecular weight excluding hydrogens is 196 g/mol. The fraction of sp³-hybridized carbons (Fsp3) is 1.00. The molecule has 0 aromatic carbocycles. The summed E-state index contributed by atoms with van der Waals surface area (Å²) in [5, 5.41) is 0. The summed E-state index contributed by atoms with van der Waals surface area (Å²) < 4.78 is 0. The van der Waals surface area contributed by atoms with Crippen LogP contribution in [-0.4, -0.2) is 31.1 Å². The summed E-state index contributed by atoms with van der Waals surface area (Å²) >= 11 is 0. The molecule has 16 heavy (non-hydrogen) atoms. The number of unbranched alkanes of at least 4 members (excludes halogenated alkanes) is 5. The molecule has 0 bridgehead atoms. The molecule has 1 heterocycles. The second kappa shape index (κ2) is 9.00. The van der Waals surface area contributed by atoms with E-state index in [4.69, 9.17) is 5.73 Å². The van der Waals surface area contributed by atoms with Crippen molar-refractivity contribution in [1.29, 1.82) is 0 Å². The molecule has 1 rings (SSSR count). The van der Waals surface area contributed by atoms with E-state index in [0.29, 0.717) is 0 Å². The van der Waals surface area contributed by atoms with E-state index in [1.54, 1.807) is 0 Å². The van der Waals surface area contributed by atoms with Gasteiger partial charge in [-0.25, -0.2) is 0 Å². The Morgan fingerprint density at radius 2 is 1.88 bits per heavy atom. The Morgan fingerprint density at radius 1 is 1.12 bits per heavy atom. The summed E-state index contributed by atoms with van der Waals surface area (Å²) in [6, 6.07) is 0. The first kappa shape index (κ1) is 14.0. The first-order valence-electron chi connectivity index (χ1n) is 7.29. The lowest BCUT2D eigenvalue weighted by Gasteiger charge is -2.32. The SMILES string of the molecule is CCCCCCCCN1CCCC(CN)C1. The van der Waals surface area contributed by atoms with Crippen molar-refractivity contribution in [3.8, 4) is 0 Å². The minimum absolute atomic E-state index is 0.772. The summed E-state index contributed by atoms with van der Waals surface area (Å²) in [5.41, 5.74) is 5.75. The van der Waals surface area contributed by atoms with Gasteiger partial charge in [-0.2, -0.15) is 0 Å². The highest BCUT2D eigenvalue weighted by Crippen LogP contribution is 2.16. The molecular formula is C14H30N2. The van der Waals surface area contributed by atoms with Crippen molar-refractivity contribution in [3.63, 3.8) is 0 Å². The molecule has 1 fully saturated rings. The highest BCUT2D eigenvalue weighted by atomic mass is 15.1. The molecule has 0 radical (unpaired) electrons. The first-order chi connectivity index (χ1) is 7.86. The second-order valence-electron chi connectivity index (χ2n) is 5.31. The fourth-order valence-electron chi connectivity index (χ4n) is 2.66. The van der Waals surface area contributed by atoms with Gasteiger partial charge in [0.25, 0.3) is 0 Å². The summed E-state index contributed by atoms with van der Waals surface area (Å²) in [7, 11) is 0. The Morgan fingerprint density at radius 3 is 2.62 bits per heavy atom. The van der Waals surface area contributed by atoms with Gasteiger partial charge in [0.05, 0.1) is 0 Å². The predicted octanol–water partition coefficient (Wildman–Crippen LogP) is 3.02. The zero-order valence-corrected chi connectivity index (χ0v) is 11.1. The molecule has 1 atom stereocenters. The van der Waals surface area contributed by atoms with Crippen LogP contribution in [0.4, 0.5) is 0 Å². The van der Waals surface area contributed by atoms with Gasteiger partial charge < -0.3 is 10.6 Å². The van der Waals surface area contributed by atoms with E-state index in [1.807, 2.05) is 0 Å². The predicted molar refractivity (Wildman–Crippen MR) is 71.6 cm³/mol. The maximum atomic E-state index is 5.75. The molecule has 1 aliphatic rings. The van der Waals surface area contributed by atoms with Crippen LogP contribution in [0.2, 0.25) is 0 Å². The van der Waals surface area contributed by atoms with Crippen molar-refractivity contribution in [1.82, 2.24) is 4.90 Å². The average molecular weight is 226 g/mol. The molecule has 1 aliphatic heterocycles. The molecule has 0 aliphatic carbocycles. The van der Waals surface area contributed by atoms with Gasteiger partial charge >= 0.3 is 0 Å². The van der Waals surface area contributed by atoms with Crippen molar-refractivity contribution in [2.45, 2.75) is 58.3 Å². The zero-order chi connectivity index (χ0) is 11.6. The average Bonchev–Trinajstić information content (AvgIpc) is 2.34. The Hall–Kier alpha value is -0.0800. The van der Waals surface area contributed by atoms with E-state index in [-0.39, 0.29) is 0 Å². The van der Waals surface area contributed by atoms with Gasteiger partial charge in [0.1, 0.15) is 0 Å². The Balaban J connectivity index is 1.95. The molecule has 96 valence electrons. The van der Waals surface area contributed by atoms with Gasteiger partial charge in [-0.3, -0.25) is 0 Å². The van der Waals surface area contributed by atoms with Crippen molar-refractivity contribution >= 4 is 0 Å². The van der Waals surface area contributed by atoms with Gasteiger partial charge in [-0.05, 0) is 44.8 Å². The van der Waals surface area contributed by atoms with Crippen molar-refractivity contribution in [2.24, 2.45) is 11.7 Å². The smallest absolute Gasteiger partial charge is 0.00217 e. The maximum absolute atomic E-state index is 5.75. The largest absolute Gasteiger partial charge is 0.330 e. The molecule has 0 saturated carbocycles. The zero-order valence-electron chi connectivity index (χ0n) is 11.1. The topological polar surface area (TPSA) is 29.3 Å². The third-order valence-corrected chi connectivity index (χ3v) is 3.76. The summed E-state index contributed by atoms with van der Waals surface area (Å²) in [6.45, 7) is 7.03. The molecule has 0 amide bonds. The monoisotopic (exact) mass is 226 g/mol. The normalized spacial score (nSPS) is 22.5. The van der Waals surface area contributed by atoms with E-state index >= 15 is 0 Å². The number of likely N-dealkylation sites (tertiary alicyclic amines) is 1. The lowest BCUT2D eigenvalue weighted by molar-refractivity contribution is 0.175. The van der Waals surface area contributed by atoms with Crippen molar-refractivity contribution < 1.29 is 0 Å². The van der Waals surface area contributed by atoms with Crippen LogP contribution in [0.1, 0.15) is 58.3 Å². The number of piperidine rings is 1. The highest BCUT2D eigenvalue weighted by Gasteiger charge is 2.17. The summed E-state index contributed by atoms with van der Waals surface area (Å²) in [6.07, 6.45) is 11.2. The number of nitrogens with zero attached hydrogens (tertiary/aromatic N) is 1. The molecule has 2 N–H and O–H groups in total. The van der Waals surface area contributed by atoms with Crippen LogP contribution in [0.5, 0.6) is 0 Å². The third-order valence-electron chi connectivity index (χ3n) is 3.76. The number of rotatable bonds is 8. The highest BCUT2D eigenvalue weighted by molar-refractivity contribution is 4.73. The summed E-state index contributed by atoms with van der Waals surface area (Å²) in [4.78, 5) is 2.63. The molecule has 0 aromatic rings. The van der Waals surface area contributed by atoms with Crippen molar-refractivity contribution in [3.05, 3.63) is 0 Å². The van der Waals surface area contributed by atoms with Crippen LogP contribution >= 0.6 is 0 Å². The van der Waals surface area contributed by atoms with Crippen LogP contribution in [0.15, 0.2) is 0 Å². The van der Waals surface area contributed by atoms with Gasteiger partial charge in [0.2, 0.25) is 0 Å². The Bertz CT molecular complexity index is 159. The molecule has 1 saturated heterocycles. The number of hydrogen-bond donors (Lipinski definition) is 1. The number of nitrogens with two attached hydrogens (primary N) is 1. The molecule has 2 nitrogen and oxygen atoms in total. The van der Waals surface area contributed by atoms with E-state index in [1.165, 1.54) is 71.0 Å². The van der Waals surface area contributed by atoms with Crippen LogP contribution in [-0.2, 0) is 0 Å². The fourth-order valence-corrected chi connectivity index (χ4v) is 2.66. The van der Waals surface area contributed by atoms with E-state index in [0.717, 1.165) is 12.5 Å². The third kappa shape index (κ3) is 5.86. The quantitative estimate of drug-likeness (QED) is 0.645. The van der Waals surface area contributed by atoms with Gasteiger partial charge in [-0.1, -0.05) is 39.0 Å². The number of hydrogen-bond acceptors (Lipinski definition) is 2. The maximum Gasteiger partial charge on any atom is 0.00217 e. The molecule has 0 spiro atoms. The standard InChI is InChI=1S/C14H30N2/c1-2-3-4-5-6-7-10-16-11-8-9-14(12-15)13-16/h14H,2-13,15H2,1H3. The van der Waals surface area contributed by atoms with Crippen LogP contribution in [0.25, 0.3) is 0 Å². The Labute approximate surface area is 102 Å². The van der Waals surface area contributed by atoms with Gasteiger partial charge in [0.15, 0.2) is 0 Å².